The van der Waals surface area contributed by atoms with Gasteiger partial charge in [-0.25, -0.2) is 4.98 Å². The molecule has 2 heterocycles. The summed E-state index contributed by atoms with van der Waals surface area (Å²) in [6, 6.07) is 13.0. The van der Waals surface area contributed by atoms with Gasteiger partial charge in [0.2, 0.25) is 0 Å². The lowest BCUT2D eigenvalue weighted by Gasteiger charge is -2.10. The molecule has 3 rings (SSSR count). The van der Waals surface area contributed by atoms with Crippen LogP contribution in [-0.2, 0) is 0 Å². The van der Waals surface area contributed by atoms with Gasteiger partial charge in [-0.05, 0) is 47.1 Å². The zero-order valence-electron chi connectivity index (χ0n) is 11.3. The third-order valence-electron chi connectivity index (χ3n) is 3.10. The number of pyridine rings is 2. The molecule has 0 radical (unpaired) electrons. The van der Waals surface area contributed by atoms with E-state index in [0.29, 0.717) is 10.2 Å². The van der Waals surface area contributed by atoms with Gasteiger partial charge in [-0.2, -0.15) is 0 Å². The quantitative estimate of drug-likeness (QED) is 0.718. The lowest BCUT2D eigenvalue weighted by molar-refractivity contribution is 0.102. The van der Waals surface area contributed by atoms with E-state index in [1.807, 2.05) is 37.3 Å². The van der Waals surface area contributed by atoms with Crippen LogP contribution in [0.1, 0.15) is 16.1 Å². The normalized spacial score (nSPS) is 10.6. The topological polar surface area (TPSA) is 54.9 Å². The second-order valence-electron chi connectivity index (χ2n) is 4.62. The van der Waals surface area contributed by atoms with Crippen LogP contribution in [-0.4, -0.2) is 15.9 Å². The number of benzene rings is 1. The molecule has 4 nitrogen and oxygen atoms in total. The molecule has 2 aromatic heterocycles. The highest BCUT2D eigenvalue weighted by Crippen LogP contribution is 2.24. The van der Waals surface area contributed by atoms with Crippen molar-refractivity contribution >= 4 is 38.4 Å². The maximum absolute atomic E-state index is 12.4. The van der Waals surface area contributed by atoms with Crippen LogP contribution < -0.4 is 5.32 Å². The third-order valence-corrected chi connectivity index (χ3v) is 3.73. The number of amides is 1. The molecule has 0 saturated heterocycles. The van der Waals surface area contributed by atoms with Crippen molar-refractivity contribution in [1.82, 2.24) is 9.97 Å². The molecular weight excluding hydrogens is 330 g/mol. The number of nitrogens with zero attached hydrogens (tertiary/aromatic N) is 2. The minimum Gasteiger partial charge on any atom is -0.321 e. The number of hydrogen-bond donors (Lipinski definition) is 1. The van der Waals surface area contributed by atoms with Gasteiger partial charge in [-0.15, -0.1) is 0 Å². The summed E-state index contributed by atoms with van der Waals surface area (Å²) in [6.45, 7) is 1.90. The maximum Gasteiger partial charge on any atom is 0.258 e. The van der Waals surface area contributed by atoms with Gasteiger partial charge in [0.05, 0.1) is 16.8 Å². The Balaban J connectivity index is 2.02. The number of carbonyl (C=O) groups excluding carboxylic acids is 1. The Morgan fingerprint density at radius 1 is 1.19 bits per heavy atom. The first-order valence-electron chi connectivity index (χ1n) is 6.43. The van der Waals surface area contributed by atoms with E-state index in [9.17, 15) is 4.79 Å². The second-order valence-corrected chi connectivity index (χ2v) is 5.38. The molecule has 21 heavy (non-hydrogen) atoms. The summed E-state index contributed by atoms with van der Waals surface area (Å²) in [6.07, 6.45) is 1.63. The minimum atomic E-state index is -0.203. The lowest BCUT2D eigenvalue weighted by atomic mass is 10.1. The summed E-state index contributed by atoms with van der Waals surface area (Å²) in [5.41, 5.74) is 2.96. The molecule has 0 aliphatic carbocycles. The molecule has 5 heteroatoms. The predicted molar refractivity (Wildman–Crippen MR) is 86.4 cm³/mol. The van der Waals surface area contributed by atoms with Crippen molar-refractivity contribution in [2.24, 2.45) is 0 Å². The van der Waals surface area contributed by atoms with Crippen LogP contribution in [0.5, 0.6) is 0 Å². The smallest absolute Gasteiger partial charge is 0.258 e. The Morgan fingerprint density at radius 3 is 2.81 bits per heavy atom. The molecule has 104 valence electrons. The average Bonchev–Trinajstić information content (AvgIpc) is 2.47. The summed E-state index contributed by atoms with van der Waals surface area (Å²) in [7, 11) is 0. The number of fused-ring (bicyclic) bond motifs is 1. The van der Waals surface area contributed by atoms with Crippen LogP contribution in [0.3, 0.4) is 0 Å². The van der Waals surface area contributed by atoms with Crippen LogP contribution in [0, 0.1) is 6.92 Å². The number of aryl methyl sites for hydroxylation is 1. The van der Waals surface area contributed by atoms with E-state index in [-0.39, 0.29) is 5.91 Å². The predicted octanol–water partition coefficient (Wildman–Crippen LogP) is 3.95. The van der Waals surface area contributed by atoms with Gasteiger partial charge in [0, 0.05) is 17.3 Å². The van der Waals surface area contributed by atoms with Gasteiger partial charge in [-0.3, -0.25) is 9.78 Å². The molecule has 0 unspecified atom stereocenters. The van der Waals surface area contributed by atoms with Crippen LogP contribution in [0.4, 0.5) is 5.69 Å². The van der Waals surface area contributed by atoms with Gasteiger partial charge in [-0.1, -0.05) is 18.2 Å². The molecule has 1 N–H and O–H groups in total. The van der Waals surface area contributed by atoms with E-state index in [0.717, 1.165) is 22.3 Å². The van der Waals surface area contributed by atoms with E-state index < -0.39 is 0 Å². The summed E-state index contributed by atoms with van der Waals surface area (Å²) >= 11 is 3.29. The highest BCUT2D eigenvalue weighted by molar-refractivity contribution is 9.10. The first kappa shape index (κ1) is 13.7. The molecule has 0 saturated carbocycles. The zero-order valence-corrected chi connectivity index (χ0v) is 12.9. The third kappa shape index (κ3) is 2.78. The number of para-hydroxylation sites is 1. The lowest BCUT2D eigenvalue weighted by Crippen LogP contribution is -2.13. The van der Waals surface area contributed by atoms with Crippen LogP contribution in [0.25, 0.3) is 10.9 Å². The van der Waals surface area contributed by atoms with E-state index in [1.165, 1.54) is 0 Å². The number of aromatic nitrogens is 2. The van der Waals surface area contributed by atoms with Crippen molar-refractivity contribution < 1.29 is 4.79 Å². The van der Waals surface area contributed by atoms with Crippen molar-refractivity contribution in [2.75, 3.05) is 5.32 Å². The molecule has 1 aromatic carbocycles. The first-order chi connectivity index (χ1) is 10.1. The fraction of sp³-hybridized carbons (Fsp3) is 0.0625. The standard InChI is InChI=1S/C16H12BrN3O/c1-10-9-14(11-5-2-3-7-13(11)19-10)20-16(21)12-6-4-8-18-15(12)17/h2-9H,1H3,(H,19,20,21). The summed E-state index contributed by atoms with van der Waals surface area (Å²) < 4.78 is 0.526. The summed E-state index contributed by atoms with van der Waals surface area (Å²) in [5.74, 6) is -0.203. The van der Waals surface area contributed by atoms with Crippen molar-refractivity contribution in [3.8, 4) is 0 Å². The van der Waals surface area contributed by atoms with Crippen LogP contribution >= 0.6 is 15.9 Å². The molecule has 0 spiro atoms. The zero-order chi connectivity index (χ0) is 14.8. The molecule has 0 aliphatic heterocycles. The van der Waals surface area contributed by atoms with Crippen LogP contribution in [0.15, 0.2) is 53.3 Å². The molecule has 0 aliphatic rings. The van der Waals surface area contributed by atoms with Gasteiger partial charge in [0.1, 0.15) is 4.60 Å². The van der Waals surface area contributed by atoms with Crippen molar-refractivity contribution in [1.29, 1.82) is 0 Å². The van der Waals surface area contributed by atoms with E-state index in [4.69, 9.17) is 0 Å². The van der Waals surface area contributed by atoms with E-state index >= 15 is 0 Å². The molecule has 1 amide bonds. The number of hydrogen-bond acceptors (Lipinski definition) is 3. The minimum absolute atomic E-state index is 0.203. The largest absolute Gasteiger partial charge is 0.321 e. The Morgan fingerprint density at radius 2 is 2.00 bits per heavy atom. The second kappa shape index (κ2) is 5.61. The summed E-state index contributed by atoms with van der Waals surface area (Å²) in [4.78, 5) is 20.9. The van der Waals surface area contributed by atoms with Crippen molar-refractivity contribution in [3.05, 3.63) is 64.5 Å². The number of nitrogens with one attached hydrogen (secondary N) is 1. The maximum atomic E-state index is 12.4. The average molecular weight is 342 g/mol. The first-order valence-corrected chi connectivity index (χ1v) is 7.23. The fourth-order valence-electron chi connectivity index (χ4n) is 2.16. The Kier molecular flexibility index (Phi) is 3.66. The molecule has 0 atom stereocenters. The van der Waals surface area contributed by atoms with Gasteiger partial charge >= 0.3 is 0 Å². The highest BCUT2D eigenvalue weighted by atomic mass is 79.9. The number of halogens is 1. The SMILES string of the molecule is Cc1cc(NC(=O)c2cccnc2Br)c2ccccc2n1. The van der Waals surface area contributed by atoms with Crippen molar-refractivity contribution in [2.45, 2.75) is 6.92 Å². The molecule has 0 fully saturated rings. The number of carbonyl (C=O) groups is 1. The van der Waals surface area contributed by atoms with Crippen molar-refractivity contribution in [3.63, 3.8) is 0 Å². The summed E-state index contributed by atoms with van der Waals surface area (Å²) in [5, 5.41) is 3.85. The monoisotopic (exact) mass is 341 g/mol. The van der Waals surface area contributed by atoms with Gasteiger partial charge < -0.3 is 5.32 Å². The molecular formula is C16H12BrN3O. The number of anilines is 1. The number of rotatable bonds is 2. The molecule has 3 aromatic rings. The Hall–Kier alpha value is -2.27. The molecule has 0 bridgehead atoms. The van der Waals surface area contributed by atoms with Gasteiger partial charge in [0.15, 0.2) is 0 Å². The van der Waals surface area contributed by atoms with E-state index in [2.05, 4.69) is 31.2 Å². The van der Waals surface area contributed by atoms with E-state index in [1.54, 1.807) is 18.3 Å². The Bertz CT molecular complexity index is 833. The fourth-order valence-corrected chi connectivity index (χ4v) is 2.59. The Labute approximate surface area is 130 Å². The highest BCUT2D eigenvalue weighted by Gasteiger charge is 2.12. The van der Waals surface area contributed by atoms with Crippen LogP contribution in [0.2, 0.25) is 0 Å². The van der Waals surface area contributed by atoms with Gasteiger partial charge in [0.25, 0.3) is 5.91 Å².